The highest BCUT2D eigenvalue weighted by molar-refractivity contribution is 5.77. The molecule has 0 radical (unpaired) electrons. The van der Waals surface area contributed by atoms with Crippen LogP contribution in [0.5, 0.6) is 0 Å². The smallest absolute Gasteiger partial charge is 0.267 e. The van der Waals surface area contributed by atoms with Crippen LogP contribution in [0, 0.1) is 0 Å². The van der Waals surface area contributed by atoms with Crippen LogP contribution in [0.25, 0.3) is 11.0 Å². The summed E-state index contributed by atoms with van der Waals surface area (Å²) in [6, 6.07) is 8.54. The van der Waals surface area contributed by atoms with Crippen LogP contribution in [0.15, 0.2) is 34.9 Å². The number of furan rings is 1. The summed E-state index contributed by atoms with van der Waals surface area (Å²) >= 11 is 0. The van der Waals surface area contributed by atoms with Crippen molar-refractivity contribution >= 4 is 11.0 Å². The molecular formula is C12H15O+. The van der Waals surface area contributed by atoms with Gasteiger partial charge in [0.2, 0.25) is 6.26 Å². The number of hydrogen-bond acceptors (Lipinski definition) is 0. The topological polar surface area (TPSA) is 12.8 Å². The first-order chi connectivity index (χ1) is 6.07. The van der Waals surface area contributed by atoms with E-state index in [0.29, 0.717) is 0 Å². The average molecular weight is 175 g/mol. The molecule has 1 nitrogen and oxygen atoms in total. The van der Waals surface area contributed by atoms with Gasteiger partial charge in [0, 0.05) is 12.1 Å². The highest BCUT2D eigenvalue weighted by atomic mass is 16.3. The van der Waals surface area contributed by atoms with Gasteiger partial charge in [0.05, 0.1) is 5.39 Å². The summed E-state index contributed by atoms with van der Waals surface area (Å²) in [6.45, 7) is 6.68. The predicted octanol–water partition coefficient (Wildman–Crippen LogP) is 3.84. The van der Waals surface area contributed by atoms with E-state index in [9.17, 15) is 0 Å². The Labute approximate surface area is 78.4 Å². The molecule has 0 aliphatic rings. The monoisotopic (exact) mass is 175 g/mol. The van der Waals surface area contributed by atoms with Gasteiger partial charge in [-0.2, -0.15) is 0 Å². The molecule has 1 aromatic carbocycles. The molecular weight excluding hydrogens is 160 g/mol. The lowest BCUT2D eigenvalue weighted by atomic mass is 9.87. The van der Waals surface area contributed by atoms with Crippen molar-refractivity contribution in [1.82, 2.24) is 0 Å². The maximum Gasteiger partial charge on any atom is 0.267 e. The summed E-state index contributed by atoms with van der Waals surface area (Å²) in [7, 11) is 0. The first-order valence-electron chi connectivity index (χ1n) is 4.59. The van der Waals surface area contributed by atoms with Crippen molar-refractivity contribution in [3.8, 4) is 0 Å². The van der Waals surface area contributed by atoms with E-state index in [1.165, 1.54) is 10.9 Å². The summed E-state index contributed by atoms with van der Waals surface area (Å²) < 4.78 is 4.24. The second-order valence-corrected chi connectivity index (χ2v) is 4.47. The molecule has 0 atom stereocenters. The fourth-order valence-corrected chi connectivity index (χ4v) is 1.47. The third-order valence-electron chi connectivity index (χ3n) is 2.36. The summed E-state index contributed by atoms with van der Waals surface area (Å²) in [5.74, 6) is 0. The Balaban J connectivity index is 2.61. The molecule has 0 aliphatic carbocycles. The zero-order chi connectivity index (χ0) is 9.47. The van der Waals surface area contributed by atoms with Gasteiger partial charge >= 0.3 is 0 Å². The van der Waals surface area contributed by atoms with Crippen LogP contribution < -0.4 is 0 Å². The molecule has 0 fully saturated rings. The molecule has 1 aromatic heterocycles. The van der Waals surface area contributed by atoms with Crippen molar-refractivity contribution < 1.29 is 4.42 Å². The van der Waals surface area contributed by atoms with Crippen LogP contribution >= 0.6 is 0 Å². The van der Waals surface area contributed by atoms with E-state index >= 15 is 0 Å². The van der Waals surface area contributed by atoms with Crippen molar-refractivity contribution in [3.63, 3.8) is 0 Å². The normalized spacial score (nSPS) is 12.2. The summed E-state index contributed by atoms with van der Waals surface area (Å²) in [5.41, 5.74) is 2.69. The van der Waals surface area contributed by atoms with Crippen molar-refractivity contribution in [1.29, 1.82) is 0 Å². The zero-order valence-corrected chi connectivity index (χ0v) is 8.33. The minimum Gasteiger partial charge on any atom is -0.551 e. The molecule has 0 unspecified atom stereocenters. The van der Waals surface area contributed by atoms with Crippen LogP contribution in [0.3, 0.4) is 0 Å². The van der Waals surface area contributed by atoms with Crippen molar-refractivity contribution in [2.24, 2.45) is 0 Å². The van der Waals surface area contributed by atoms with Gasteiger partial charge in [-0.3, -0.25) is 0 Å². The fraction of sp³-hybridized carbons (Fsp3) is 0.333. The van der Waals surface area contributed by atoms with Gasteiger partial charge in [-0.15, -0.1) is 0 Å². The molecule has 68 valence electrons. The Morgan fingerprint density at radius 2 is 1.85 bits per heavy atom. The van der Waals surface area contributed by atoms with E-state index in [0.717, 1.165) is 5.58 Å². The number of fused-ring (bicyclic) bond motifs is 1. The zero-order valence-electron chi connectivity index (χ0n) is 8.33. The van der Waals surface area contributed by atoms with E-state index in [4.69, 9.17) is 0 Å². The van der Waals surface area contributed by atoms with Gasteiger partial charge < -0.3 is 4.42 Å². The second kappa shape index (κ2) is 2.63. The van der Waals surface area contributed by atoms with Crippen LogP contribution in [0.2, 0.25) is 0 Å². The second-order valence-electron chi connectivity index (χ2n) is 4.47. The lowest BCUT2D eigenvalue weighted by molar-refractivity contribution is 0.589. The number of benzene rings is 1. The van der Waals surface area contributed by atoms with Gasteiger partial charge in [0.1, 0.15) is 0 Å². The molecule has 1 heteroatoms. The molecule has 13 heavy (non-hydrogen) atoms. The molecule has 1 N–H and O–H groups in total. The molecule has 0 saturated heterocycles. The van der Waals surface area contributed by atoms with Gasteiger partial charge in [-0.05, 0) is 23.1 Å². The highest BCUT2D eigenvalue weighted by Crippen LogP contribution is 2.26. The largest absolute Gasteiger partial charge is 0.551 e. The fourth-order valence-electron chi connectivity index (χ4n) is 1.47. The van der Waals surface area contributed by atoms with E-state index in [2.05, 4.69) is 49.5 Å². The van der Waals surface area contributed by atoms with Gasteiger partial charge in [-0.1, -0.05) is 20.8 Å². The van der Waals surface area contributed by atoms with Crippen molar-refractivity contribution in [3.05, 3.63) is 36.1 Å². The highest BCUT2D eigenvalue weighted by Gasteiger charge is 2.15. The first kappa shape index (κ1) is 8.36. The molecule has 1 heterocycles. The molecule has 0 spiro atoms. The molecule has 0 saturated carbocycles. The Kier molecular flexibility index (Phi) is 1.69. The van der Waals surface area contributed by atoms with Crippen LogP contribution in [0.1, 0.15) is 26.3 Å². The summed E-state index contributed by atoms with van der Waals surface area (Å²) in [6.07, 6.45) is 1.86. The van der Waals surface area contributed by atoms with Crippen molar-refractivity contribution in [2.75, 3.05) is 0 Å². The average Bonchev–Trinajstić information content (AvgIpc) is 2.47. The number of hydrogen-bond donors (Lipinski definition) is 0. The molecule has 0 aliphatic heterocycles. The Morgan fingerprint density at radius 1 is 1.08 bits per heavy atom. The van der Waals surface area contributed by atoms with E-state index in [-0.39, 0.29) is 5.41 Å². The Bertz CT molecular complexity index is 418. The molecule has 0 amide bonds. The molecule has 0 bridgehead atoms. The lowest BCUT2D eigenvalue weighted by Crippen LogP contribution is -2.10. The quantitative estimate of drug-likeness (QED) is 0.539. The van der Waals surface area contributed by atoms with E-state index < -0.39 is 0 Å². The van der Waals surface area contributed by atoms with Gasteiger partial charge in [0.15, 0.2) is 0 Å². The van der Waals surface area contributed by atoms with E-state index in [1.54, 1.807) is 0 Å². The third kappa shape index (κ3) is 1.46. The molecule has 2 rings (SSSR count). The van der Waals surface area contributed by atoms with Gasteiger partial charge in [-0.25, -0.2) is 0 Å². The minimum atomic E-state index is 0.228. The standard InChI is InChI=1S/C12H14O/c1-12(2,3)10-4-5-11-9(8-10)6-7-13-11/h4-8H,1-3H3/p+1. The Hall–Kier alpha value is -1.24. The van der Waals surface area contributed by atoms with Crippen LogP contribution in [-0.4, -0.2) is 0 Å². The lowest BCUT2D eigenvalue weighted by Gasteiger charge is -2.18. The summed E-state index contributed by atoms with van der Waals surface area (Å²) in [5, 5.41) is 1.24. The third-order valence-corrected chi connectivity index (χ3v) is 2.36. The van der Waals surface area contributed by atoms with Gasteiger partial charge in [0.25, 0.3) is 5.58 Å². The van der Waals surface area contributed by atoms with Crippen molar-refractivity contribution in [2.45, 2.75) is 26.2 Å². The Morgan fingerprint density at radius 3 is 2.54 bits per heavy atom. The SMILES string of the molecule is CC(C)(C)c1ccc2[oH+]ccc2c1. The van der Waals surface area contributed by atoms with Crippen LogP contribution in [0.4, 0.5) is 0 Å². The summed E-state index contributed by atoms with van der Waals surface area (Å²) in [4.78, 5) is 0. The first-order valence-corrected chi connectivity index (χ1v) is 4.59. The van der Waals surface area contributed by atoms with Crippen LogP contribution in [-0.2, 0) is 5.41 Å². The minimum absolute atomic E-state index is 0.228. The van der Waals surface area contributed by atoms with E-state index in [1.807, 2.05) is 6.26 Å². The predicted molar refractivity (Wildman–Crippen MR) is 56.0 cm³/mol. The molecule has 2 aromatic rings. The maximum absolute atomic E-state index is 4.24. The maximum atomic E-state index is 4.24. The number of rotatable bonds is 0.